The molecular formula is C17H17N3O2. The molecule has 2 N–H and O–H groups in total. The molecule has 5 heteroatoms. The van der Waals surface area contributed by atoms with E-state index in [2.05, 4.69) is 33.8 Å². The summed E-state index contributed by atoms with van der Waals surface area (Å²) >= 11 is 0. The Bertz CT molecular complexity index is 837. The lowest BCUT2D eigenvalue weighted by Crippen LogP contribution is -2.03. The van der Waals surface area contributed by atoms with Gasteiger partial charge in [0.15, 0.2) is 11.5 Å². The lowest BCUT2D eigenvalue weighted by atomic mass is 10.1. The highest BCUT2D eigenvalue weighted by Crippen LogP contribution is 2.36. The van der Waals surface area contributed by atoms with Crippen molar-refractivity contribution in [3.63, 3.8) is 0 Å². The van der Waals surface area contributed by atoms with Gasteiger partial charge < -0.3 is 19.8 Å². The van der Waals surface area contributed by atoms with E-state index in [0.717, 1.165) is 40.5 Å². The van der Waals surface area contributed by atoms with E-state index in [4.69, 9.17) is 15.2 Å². The molecule has 22 heavy (non-hydrogen) atoms. The van der Waals surface area contributed by atoms with Crippen LogP contribution in [0.2, 0.25) is 0 Å². The second-order valence-electron chi connectivity index (χ2n) is 5.46. The number of hydrogen-bond acceptors (Lipinski definition) is 4. The van der Waals surface area contributed by atoms with E-state index >= 15 is 0 Å². The molecule has 2 aromatic carbocycles. The largest absolute Gasteiger partial charge is 0.454 e. The molecule has 0 spiro atoms. The van der Waals surface area contributed by atoms with Crippen molar-refractivity contribution in [3.8, 4) is 11.5 Å². The van der Waals surface area contributed by atoms with Gasteiger partial charge in [0.05, 0.1) is 11.0 Å². The number of nitrogens with two attached hydrogens (primary N) is 1. The van der Waals surface area contributed by atoms with Crippen LogP contribution in [0, 0.1) is 6.92 Å². The Labute approximate surface area is 128 Å². The number of imidazole rings is 1. The Hall–Kier alpha value is -2.53. The van der Waals surface area contributed by atoms with Gasteiger partial charge >= 0.3 is 0 Å². The van der Waals surface area contributed by atoms with E-state index in [-0.39, 0.29) is 6.79 Å². The number of rotatable bonds is 3. The molecule has 0 saturated heterocycles. The molecule has 0 amide bonds. The maximum absolute atomic E-state index is 5.65. The van der Waals surface area contributed by atoms with Crippen LogP contribution in [-0.2, 0) is 13.1 Å². The molecule has 1 aliphatic rings. The first-order valence-electron chi connectivity index (χ1n) is 7.29. The normalized spacial score (nSPS) is 13.0. The third-order valence-electron chi connectivity index (χ3n) is 4.03. The molecule has 3 aromatic rings. The van der Waals surface area contributed by atoms with E-state index < -0.39 is 0 Å². The highest BCUT2D eigenvalue weighted by atomic mass is 16.7. The van der Waals surface area contributed by atoms with Crippen LogP contribution in [0.15, 0.2) is 36.4 Å². The van der Waals surface area contributed by atoms with E-state index in [1.54, 1.807) is 0 Å². The maximum atomic E-state index is 5.65. The summed E-state index contributed by atoms with van der Waals surface area (Å²) in [4.78, 5) is 4.63. The molecule has 112 valence electrons. The fourth-order valence-corrected chi connectivity index (χ4v) is 2.80. The van der Waals surface area contributed by atoms with Crippen LogP contribution < -0.4 is 15.2 Å². The second-order valence-corrected chi connectivity index (χ2v) is 5.46. The Morgan fingerprint density at radius 1 is 1.09 bits per heavy atom. The van der Waals surface area contributed by atoms with E-state index in [1.807, 2.05) is 19.1 Å². The molecule has 0 aliphatic carbocycles. The van der Waals surface area contributed by atoms with Gasteiger partial charge in [0.25, 0.3) is 0 Å². The highest BCUT2D eigenvalue weighted by molar-refractivity contribution is 5.81. The molecule has 0 atom stereocenters. The van der Waals surface area contributed by atoms with Gasteiger partial charge in [-0.15, -0.1) is 0 Å². The summed E-state index contributed by atoms with van der Waals surface area (Å²) in [6, 6.07) is 12.3. The van der Waals surface area contributed by atoms with Crippen molar-refractivity contribution >= 4 is 11.0 Å². The number of nitrogens with zero attached hydrogens (tertiary/aromatic N) is 2. The van der Waals surface area contributed by atoms with Gasteiger partial charge in [-0.05, 0) is 18.1 Å². The van der Waals surface area contributed by atoms with E-state index in [0.29, 0.717) is 6.54 Å². The topological polar surface area (TPSA) is 62.3 Å². The number of ether oxygens (including phenoxy) is 2. The number of aromatic nitrogens is 2. The van der Waals surface area contributed by atoms with Crippen LogP contribution in [0.5, 0.6) is 11.5 Å². The van der Waals surface area contributed by atoms with Crippen molar-refractivity contribution in [1.29, 1.82) is 0 Å². The van der Waals surface area contributed by atoms with Gasteiger partial charge in [-0.2, -0.15) is 0 Å². The first-order chi connectivity index (χ1) is 10.7. The summed E-state index contributed by atoms with van der Waals surface area (Å²) in [5.74, 6) is 2.53. The third kappa shape index (κ3) is 2.10. The zero-order chi connectivity index (χ0) is 15.1. The van der Waals surface area contributed by atoms with Crippen LogP contribution in [0.1, 0.15) is 17.0 Å². The van der Waals surface area contributed by atoms with Crippen molar-refractivity contribution in [3.05, 3.63) is 53.3 Å². The number of aryl methyl sites for hydroxylation is 1. The molecule has 0 fully saturated rings. The standard InChI is InChI=1S/C17H17N3O2/c1-11-19-14-6-16-17(22-10-21-16)7-15(14)20(11)9-13-4-2-12(8-18)3-5-13/h2-7H,8-10,18H2,1H3. The highest BCUT2D eigenvalue weighted by Gasteiger charge is 2.18. The lowest BCUT2D eigenvalue weighted by molar-refractivity contribution is 0.174. The first kappa shape index (κ1) is 13.2. The summed E-state index contributed by atoms with van der Waals surface area (Å²) in [6.07, 6.45) is 0. The SMILES string of the molecule is Cc1nc2cc3c(cc2n1Cc1ccc(CN)cc1)OCO3. The number of benzene rings is 2. The fourth-order valence-electron chi connectivity index (χ4n) is 2.80. The summed E-state index contributed by atoms with van der Waals surface area (Å²) in [7, 11) is 0. The molecular weight excluding hydrogens is 278 g/mol. The molecule has 1 aliphatic heterocycles. The predicted octanol–water partition coefficient (Wildman–Crippen LogP) is 2.58. The van der Waals surface area contributed by atoms with Crippen molar-refractivity contribution in [1.82, 2.24) is 9.55 Å². The van der Waals surface area contributed by atoms with Crippen LogP contribution in [0.25, 0.3) is 11.0 Å². The smallest absolute Gasteiger partial charge is 0.231 e. The Morgan fingerprint density at radius 2 is 1.77 bits per heavy atom. The Balaban J connectivity index is 1.75. The number of hydrogen-bond donors (Lipinski definition) is 1. The van der Waals surface area contributed by atoms with Crippen LogP contribution in [-0.4, -0.2) is 16.3 Å². The average molecular weight is 295 g/mol. The summed E-state index contributed by atoms with van der Waals surface area (Å²) in [5, 5.41) is 0. The van der Waals surface area contributed by atoms with Gasteiger partial charge in [-0.3, -0.25) is 0 Å². The minimum atomic E-state index is 0.279. The Kier molecular flexibility index (Phi) is 3.01. The van der Waals surface area contributed by atoms with Crippen molar-refractivity contribution in [2.45, 2.75) is 20.0 Å². The van der Waals surface area contributed by atoms with Gasteiger partial charge in [-0.1, -0.05) is 24.3 Å². The molecule has 0 radical (unpaired) electrons. The van der Waals surface area contributed by atoms with Crippen molar-refractivity contribution in [2.24, 2.45) is 5.73 Å². The van der Waals surface area contributed by atoms with E-state index in [9.17, 15) is 0 Å². The van der Waals surface area contributed by atoms with Crippen molar-refractivity contribution in [2.75, 3.05) is 6.79 Å². The summed E-state index contributed by atoms with van der Waals surface area (Å²) in [5.41, 5.74) is 9.99. The minimum Gasteiger partial charge on any atom is -0.454 e. The van der Waals surface area contributed by atoms with Crippen LogP contribution >= 0.6 is 0 Å². The molecule has 0 bridgehead atoms. The Morgan fingerprint density at radius 3 is 2.50 bits per heavy atom. The van der Waals surface area contributed by atoms with Gasteiger partial charge in [0, 0.05) is 25.2 Å². The quantitative estimate of drug-likeness (QED) is 0.806. The zero-order valence-electron chi connectivity index (χ0n) is 12.4. The second kappa shape index (κ2) is 5.03. The molecule has 2 heterocycles. The number of fused-ring (bicyclic) bond motifs is 2. The van der Waals surface area contributed by atoms with Crippen LogP contribution in [0.3, 0.4) is 0 Å². The molecule has 0 unspecified atom stereocenters. The van der Waals surface area contributed by atoms with E-state index in [1.165, 1.54) is 5.56 Å². The maximum Gasteiger partial charge on any atom is 0.231 e. The minimum absolute atomic E-state index is 0.279. The van der Waals surface area contributed by atoms with Gasteiger partial charge in [0.1, 0.15) is 5.82 Å². The summed E-state index contributed by atoms with van der Waals surface area (Å²) < 4.78 is 13.1. The molecule has 4 rings (SSSR count). The summed E-state index contributed by atoms with van der Waals surface area (Å²) in [6.45, 7) is 3.63. The average Bonchev–Trinajstić information content (AvgIpc) is 3.10. The van der Waals surface area contributed by atoms with Crippen LogP contribution in [0.4, 0.5) is 0 Å². The fraction of sp³-hybridized carbons (Fsp3) is 0.235. The predicted molar refractivity (Wildman–Crippen MR) is 84.0 cm³/mol. The molecule has 5 nitrogen and oxygen atoms in total. The van der Waals surface area contributed by atoms with Gasteiger partial charge in [-0.25, -0.2) is 4.98 Å². The first-order valence-corrected chi connectivity index (χ1v) is 7.29. The lowest BCUT2D eigenvalue weighted by Gasteiger charge is -2.08. The van der Waals surface area contributed by atoms with Gasteiger partial charge in [0.2, 0.25) is 6.79 Å². The molecule has 1 aromatic heterocycles. The van der Waals surface area contributed by atoms with Crippen molar-refractivity contribution < 1.29 is 9.47 Å². The zero-order valence-corrected chi connectivity index (χ0v) is 12.4. The molecule has 0 saturated carbocycles. The third-order valence-corrected chi connectivity index (χ3v) is 4.03. The monoisotopic (exact) mass is 295 g/mol.